The molecule has 0 bridgehead atoms. The number of allylic oxidation sites excluding steroid dienone is 1. The van der Waals surface area contributed by atoms with Crippen molar-refractivity contribution in [1.29, 1.82) is 0 Å². The van der Waals surface area contributed by atoms with Crippen LogP contribution >= 0.6 is 0 Å². The molecule has 0 aromatic heterocycles. The number of benzene rings is 3. The fraction of sp³-hybridized carbons (Fsp3) is 0.222. The molecule has 0 atom stereocenters. The summed E-state index contributed by atoms with van der Waals surface area (Å²) in [5.41, 5.74) is 8.04. The van der Waals surface area contributed by atoms with Gasteiger partial charge in [-0.15, -0.1) is 0 Å². The zero-order valence-corrected chi connectivity index (χ0v) is 17.4. The molecular formula is C27H27N3. The van der Waals surface area contributed by atoms with Gasteiger partial charge >= 0.3 is 0 Å². The van der Waals surface area contributed by atoms with Crippen LogP contribution in [0.3, 0.4) is 0 Å². The Bertz CT molecular complexity index is 1030. The molecule has 3 heteroatoms. The number of piperazine rings is 1. The van der Waals surface area contributed by atoms with E-state index in [9.17, 15) is 0 Å². The Morgan fingerprint density at radius 2 is 1.33 bits per heavy atom. The van der Waals surface area contributed by atoms with Crippen molar-refractivity contribution in [3.8, 4) is 11.1 Å². The van der Waals surface area contributed by atoms with Gasteiger partial charge in [-0.25, -0.2) is 0 Å². The lowest BCUT2D eigenvalue weighted by Gasteiger charge is -2.37. The molecule has 5 rings (SSSR count). The van der Waals surface area contributed by atoms with Crippen molar-refractivity contribution >= 4 is 12.3 Å². The fourth-order valence-electron chi connectivity index (χ4n) is 4.63. The predicted molar refractivity (Wildman–Crippen MR) is 125 cm³/mol. The van der Waals surface area contributed by atoms with Gasteiger partial charge in [-0.05, 0) is 40.3 Å². The van der Waals surface area contributed by atoms with Crippen LogP contribution in [0.4, 0.5) is 0 Å². The molecule has 0 spiro atoms. The number of hydrogen-bond acceptors (Lipinski definition) is 3. The third kappa shape index (κ3) is 3.69. The summed E-state index contributed by atoms with van der Waals surface area (Å²) in [4.78, 5) is 2.61. The van der Waals surface area contributed by atoms with Crippen LogP contribution in [0.25, 0.3) is 17.2 Å². The van der Waals surface area contributed by atoms with Gasteiger partial charge in [-0.3, -0.25) is 9.91 Å². The topological polar surface area (TPSA) is 18.8 Å². The quantitative estimate of drug-likeness (QED) is 0.548. The molecule has 30 heavy (non-hydrogen) atoms. The summed E-state index contributed by atoms with van der Waals surface area (Å²) in [6.45, 7) is 6.06. The van der Waals surface area contributed by atoms with Crippen LogP contribution in [0.15, 0.2) is 89.5 Å². The molecule has 1 aliphatic carbocycles. The van der Waals surface area contributed by atoms with Crippen LogP contribution in [0.5, 0.6) is 0 Å². The number of hydrazone groups is 1. The van der Waals surface area contributed by atoms with E-state index in [0.29, 0.717) is 6.04 Å². The van der Waals surface area contributed by atoms with Gasteiger partial charge in [0, 0.05) is 32.4 Å². The molecule has 1 heterocycles. The monoisotopic (exact) mass is 393 g/mol. The van der Waals surface area contributed by atoms with Crippen LogP contribution in [-0.4, -0.2) is 42.3 Å². The predicted octanol–water partition coefficient (Wildman–Crippen LogP) is 5.46. The smallest absolute Gasteiger partial charge is 0.0615 e. The van der Waals surface area contributed by atoms with E-state index in [2.05, 4.69) is 95.7 Å². The van der Waals surface area contributed by atoms with Crippen molar-refractivity contribution < 1.29 is 0 Å². The maximum absolute atomic E-state index is 4.74. The highest BCUT2D eigenvalue weighted by atomic mass is 15.5. The molecule has 1 saturated heterocycles. The first kappa shape index (κ1) is 18.8. The molecule has 0 amide bonds. The molecule has 1 aliphatic heterocycles. The van der Waals surface area contributed by atoms with Gasteiger partial charge in [0.2, 0.25) is 0 Å². The molecular weight excluding hydrogens is 366 g/mol. The van der Waals surface area contributed by atoms with Crippen molar-refractivity contribution in [1.82, 2.24) is 9.91 Å². The minimum absolute atomic E-state index is 0.364. The van der Waals surface area contributed by atoms with Crippen molar-refractivity contribution in [3.05, 3.63) is 101 Å². The molecule has 3 aromatic carbocycles. The first-order chi connectivity index (χ1) is 14.8. The standard InChI is InChI=1S/C27H27N3/c1-21(19-22-9-3-2-4-10-22)20-28-30-17-15-29(16-18-30)27-25-13-7-5-11-23(25)24-12-6-8-14-26(24)27/h2-14,19-20,27H,15-18H2,1H3. The third-order valence-electron chi connectivity index (χ3n) is 6.08. The second-order valence-electron chi connectivity index (χ2n) is 8.11. The summed E-state index contributed by atoms with van der Waals surface area (Å²) in [6, 6.07) is 28.5. The maximum Gasteiger partial charge on any atom is 0.0615 e. The average Bonchev–Trinajstić information content (AvgIpc) is 3.13. The van der Waals surface area contributed by atoms with Gasteiger partial charge in [0.1, 0.15) is 0 Å². The number of rotatable bonds is 4. The Morgan fingerprint density at radius 1 is 0.767 bits per heavy atom. The van der Waals surface area contributed by atoms with E-state index in [4.69, 9.17) is 5.10 Å². The Balaban J connectivity index is 1.27. The molecule has 1 fully saturated rings. The van der Waals surface area contributed by atoms with E-state index in [0.717, 1.165) is 26.2 Å². The summed E-state index contributed by atoms with van der Waals surface area (Å²) in [5, 5.41) is 6.94. The second-order valence-corrected chi connectivity index (χ2v) is 8.11. The highest BCUT2D eigenvalue weighted by molar-refractivity contribution is 5.84. The summed E-state index contributed by atoms with van der Waals surface area (Å²) >= 11 is 0. The first-order valence-electron chi connectivity index (χ1n) is 10.7. The average molecular weight is 394 g/mol. The van der Waals surface area contributed by atoms with E-state index >= 15 is 0 Å². The van der Waals surface area contributed by atoms with Crippen LogP contribution in [0.1, 0.15) is 29.7 Å². The van der Waals surface area contributed by atoms with Crippen molar-refractivity contribution in [2.45, 2.75) is 13.0 Å². The number of fused-ring (bicyclic) bond motifs is 3. The lowest BCUT2D eigenvalue weighted by molar-refractivity contribution is 0.114. The van der Waals surface area contributed by atoms with Gasteiger partial charge in [-0.2, -0.15) is 5.10 Å². The van der Waals surface area contributed by atoms with Crippen LogP contribution < -0.4 is 0 Å². The van der Waals surface area contributed by atoms with Gasteiger partial charge in [-0.1, -0.05) is 84.9 Å². The van der Waals surface area contributed by atoms with Crippen LogP contribution in [0.2, 0.25) is 0 Å². The molecule has 2 aliphatic rings. The van der Waals surface area contributed by atoms with Crippen molar-refractivity contribution in [2.75, 3.05) is 26.2 Å². The van der Waals surface area contributed by atoms with Crippen molar-refractivity contribution in [2.24, 2.45) is 5.10 Å². The SMILES string of the molecule is CC(C=NN1CCN(C2c3ccccc3-c3ccccc32)CC1)=Cc1ccccc1. The lowest BCUT2D eigenvalue weighted by atomic mass is 10.0. The maximum atomic E-state index is 4.74. The van der Waals surface area contributed by atoms with Crippen LogP contribution in [0, 0.1) is 0 Å². The highest BCUT2D eigenvalue weighted by Crippen LogP contribution is 2.46. The molecule has 3 aromatic rings. The Morgan fingerprint density at radius 3 is 1.97 bits per heavy atom. The Kier molecular flexibility index (Phi) is 5.20. The van der Waals surface area contributed by atoms with E-state index in [1.807, 2.05) is 12.3 Å². The largest absolute Gasteiger partial charge is 0.294 e. The summed E-state index contributed by atoms with van der Waals surface area (Å²) in [6.07, 6.45) is 4.16. The zero-order valence-electron chi connectivity index (χ0n) is 17.4. The molecule has 0 radical (unpaired) electrons. The normalized spacial score (nSPS) is 17.4. The number of hydrogen-bond donors (Lipinski definition) is 0. The molecule has 3 nitrogen and oxygen atoms in total. The Hall–Kier alpha value is -3.17. The van der Waals surface area contributed by atoms with Crippen molar-refractivity contribution in [3.63, 3.8) is 0 Å². The van der Waals surface area contributed by atoms with Gasteiger partial charge in [0.05, 0.1) is 6.04 Å². The first-order valence-corrected chi connectivity index (χ1v) is 10.7. The zero-order chi connectivity index (χ0) is 20.3. The lowest BCUT2D eigenvalue weighted by Crippen LogP contribution is -2.45. The van der Waals surface area contributed by atoms with Gasteiger partial charge < -0.3 is 0 Å². The molecule has 150 valence electrons. The number of nitrogens with zero attached hydrogens (tertiary/aromatic N) is 3. The van der Waals surface area contributed by atoms with Crippen LogP contribution in [-0.2, 0) is 0 Å². The van der Waals surface area contributed by atoms with E-state index in [1.54, 1.807) is 0 Å². The Labute approximate surface area is 179 Å². The van der Waals surface area contributed by atoms with E-state index < -0.39 is 0 Å². The molecule has 0 unspecified atom stereocenters. The van der Waals surface area contributed by atoms with Gasteiger partial charge in [0.25, 0.3) is 0 Å². The summed E-state index contributed by atoms with van der Waals surface area (Å²) in [7, 11) is 0. The second kappa shape index (κ2) is 8.29. The highest BCUT2D eigenvalue weighted by Gasteiger charge is 2.33. The van der Waals surface area contributed by atoms with E-state index in [1.165, 1.54) is 33.4 Å². The fourth-order valence-corrected chi connectivity index (χ4v) is 4.63. The summed E-state index contributed by atoms with van der Waals surface area (Å²) in [5.74, 6) is 0. The van der Waals surface area contributed by atoms with Gasteiger partial charge in [0.15, 0.2) is 0 Å². The molecule has 0 saturated carbocycles. The minimum atomic E-state index is 0.364. The van der Waals surface area contributed by atoms with E-state index in [-0.39, 0.29) is 0 Å². The summed E-state index contributed by atoms with van der Waals surface area (Å²) < 4.78 is 0. The minimum Gasteiger partial charge on any atom is -0.294 e. The third-order valence-corrected chi connectivity index (χ3v) is 6.08. The molecule has 0 N–H and O–H groups in total.